The van der Waals surface area contributed by atoms with Crippen molar-refractivity contribution in [2.45, 2.75) is 19.8 Å². The number of amides is 1. The molecule has 1 aromatic heterocycles. The van der Waals surface area contributed by atoms with Crippen LogP contribution in [0, 0.1) is 12.8 Å². The summed E-state index contributed by atoms with van der Waals surface area (Å²) in [6.45, 7) is 3.85. The number of anilines is 1. The Morgan fingerprint density at radius 2 is 2.21 bits per heavy atom. The first-order chi connectivity index (χ1) is 9.04. The van der Waals surface area contributed by atoms with Gasteiger partial charge in [0.15, 0.2) is 0 Å². The van der Waals surface area contributed by atoms with E-state index >= 15 is 0 Å². The number of aryl methyl sites for hydroxylation is 1. The van der Waals surface area contributed by atoms with Crippen molar-refractivity contribution in [2.75, 3.05) is 25.0 Å². The van der Waals surface area contributed by atoms with Crippen LogP contribution >= 0.6 is 11.6 Å². The average Bonchev–Trinajstić information content (AvgIpc) is 2.36. The summed E-state index contributed by atoms with van der Waals surface area (Å²) in [5.74, 6) is 1.18. The van der Waals surface area contributed by atoms with Crippen molar-refractivity contribution in [1.29, 1.82) is 0 Å². The molecule has 1 fully saturated rings. The molecular formula is C12H17ClN4O2. The minimum atomic E-state index is -0.829. The fourth-order valence-corrected chi connectivity index (χ4v) is 2.42. The van der Waals surface area contributed by atoms with Crippen LogP contribution in [-0.2, 0) is 0 Å². The fraction of sp³-hybridized carbons (Fsp3) is 0.583. The standard InChI is InChI=1S/C12H17ClN4O2/c1-8-6-10(16-11(13)15-8)14-7-9-2-4-17(5-3-9)12(18)19/h6,9H,2-5,7H2,1H3,(H,18,19)(H,14,15,16). The first kappa shape index (κ1) is 13.9. The average molecular weight is 285 g/mol. The van der Waals surface area contributed by atoms with Crippen LogP contribution < -0.4 is 5.32 Å². The lowest BCUT2D eigenvalue weighted by Gasteiger charge is -2.30. The molecule has 0 unspecified atom stereocenters. The molecule has 1 amide bonds. The van der Waals surface area contributed by atoms with Gasteiger partial charge in [0.1, 0.15) is 5.82 Å². The maximum absolute atomic E-state index is 10.8. The van der Waals surface area contributed by atoms with E-state index in [4.69, 9.17) is 16.7 Å². The summed E-state index contributed by atoms with van der Waals surface area (Å²) in [6.07, 6.45) is 0.915. The summed E-state index contributed by atoms with van der Waals surface area (Å²) >= 11 is 5.79. The molecule has 104 valence electrons. The number of hydrogen-bond acceptors (Lipinski definition) is 4. The molecule has 1 aliphatic rings. The van der Waals surface area contributed by atoms with Gasteiger partial charge < -0.3 is 15.3 Å². The summed E-state index contributed by atoms with van der Waals surface area (Å²) in [7, 11) is 0. The number of nitrogens with one attached hydrogen (secondary N) is 1. The minimum Gasteiger partial charge on any atom is -0.465 e. The number of hydrogen-bond donors (Lipinski definition) is 2. The normalized spacial score (nSPS) is 16.4. The van der Waals surface area contributed by atoms with Gasteiger partial charge in [-0.05, 0) is 37.3 Å². The lowest BCUT2D eigenvalue weighted by atomic mass is 9.97. The third-order valence-electron chi connectivity index (χ3n) is 3.28. The quantitative estimate of drug-likeness (QED) is 0.832. The molecule has 0 saturated carbocycles. The van der Waals surface area contributed by atoms with Gasteiger partial charge in [-0.2, -0.15) is 0 Å². The second kappa shape index (κ2) is 6.06. The molecule has 0 aromatic carbocycles. The number of carbonyl (C=O) groups is 1. The predicted molar refractivity (Wildman–Crippen MR) is 72.6 cm³/mol. The van der Waals surface area contributed by atoms with Gasteiger partial charge in [-0.25, -0.2) is 14.8 Å². The molecule has 19 heavy (non-hydrogen) atoms. The van der Waals surface area contributed by atoms with Gasteiger partial charge in [-0.1, -0.05) is 0 Å². The highest BCUT2D eigenvalue weighted by Gasteiger charge is 2.22. The highest BCUT2D eigenvalue weighted by molar-refractivity contribution is 6.28. The van der Waals surface area contributed by atoms with E-state index in [1.165, 1.54) is 4.90 Å². The van der Waals surface area contributed by atoms with Gasteiger partial charge in [0.25, 0.3) is 0 Å². The summed E-state index contributed by atoms with van der Waals surface area (Å²) in [6, 6.07) is 1.85. The van der Waals surface area contributed by atoms with E-state index in [1.807, 2.05) is 13.0 Å². The molecule has 1 aromatic rings. The summed E-state index contributed by atoms with van der Waals surface area (Å²) < 4.78 is 0. The molecule has 0 atom stereocenters. The Hall–Kier alpha value is -1.56. The Morgan fingerprint density at radius 1 is 1.53 bits per heavy atom. The Bertz CT molecular complexity index is 441. The van der Waals surface area contributed by atoms with Crippen LogP contribution in [0.25, 0.3) is 0 Å². The highest BCUT2D eigenvalue weighted by Crippen LogP contribution is 2.18. The first-order valence-corrected chi connectivity index (χ1v) is 6.65. The number of nitrogens with zero attached hydrogens (tertiary/aromatic N) is 3. The zero-order valence-electron chi connectivity index (χ0n) is 10.8. The van der Waals surface area contributed by atoms with Gasteiger partial charge in [0.05, 0.1) is 0 Å². The van der Waals surface area contributed by atoms with E-state index in [1.54, 1.807) is 0 Å². The second-order valence-electron chi connectivity index (χ2n) is 4.76. The Morgan fingerprint density at radius 3 is 2.79 bits per heavy atom. The number of piperidine rings is 1. The van der Waals surface area contributed by atoms with E-state index in [9.17, 15) is 4.79 Å². The molecule has 2 rings (SSSR count). The number of likely N-dealkylation sites (tertiary alicyclic amines) is 1. The molecule has 0 bridgehead atoms. The second-order valence-corrected chi connectivity index (χ2v) is 5.10. The Kier molecular flexibility index (Phi) is 4.42. The molecule has 2 heterocycles. The van der Waals surface area contributed by atoms with Crippen LogP contribution in [-0.4, -0.2) is 45.7 Å². The van der Waals surface area contributed by atoms with Crippen LogP contribution in [0.15, 0.2) is 6.07 Å². The van der Waals surface area contributed by atoms with Crippen molar-refractivity contribution in [3.63, 3.8) is 0 Å². The first-order valence-electron chi connectivity index (χ1n) is 6.27. The van der Waals surface area contributed by atoms with E-state index in [-0.39, 0.29) is 5.28 Å². The number of rotatable bonds is 3. The smallest absolute Gasteiger partial charge is 0.407 e. The third-order valence-corrected chi connectivity index (χ3v) is 3.45. The Labute approximate surface area is 116 Å². The van der Waals surface area contributed by atoms with Crippen molar-refractivity contribution in [3.8, 4) is 0 Å². The molecule has 0 radical (unpaired) electrons. The molecule has 7 heteroatoms. The predicted octanol–water partition coefficient (Wildman–Crippen LogP) is 2.24. The third kappa shape index (κ3) is 3.96. The lowest BCUT2D eigenvalue weighted by molar-refractivity contribution is 0.126. The van der Waals surface area contributed by atoms with Crippen LogP contribution in [0.1, 0.15) is 18.5 Å². The molecule has 6 nitrogen and oxygen atoms in total. The maximum atomic E-state index is 10.8. The summed E-state index contributed by atoms with van der Waals surface area (Å²) in [5.41, 5.74) is 0.822. The van der Waals surface area contributed by atoms with Gasteiger partial charge >= 0.3 is 6.09 Å². The van der Waals surface area contributed by atoms with Crippen LogP contribution in [0.4, 0.5) is 10.6 Å². The van der Waals surface area contributed by atoms with Crippen molar-refractivity contribution in [1.82, 2.24) is 14.9 Å². The zero-order valence-corrected chi connectivity index (χ0v) is 11.5. The summed E-state index contributed by atoms with van der Waals surface area (Å²) in [5, 5.41) is 12.3. The van der Waals surface area contributed by atoms with Crippen molar-refractivity contribution < 1.29 is 9.90 Å². The maximum Gasteiger partial charge on any atom is 0.407 e. The van der Waals surface area contributed by atoms with E-state index in [0.717, 1.165) is 30.9 Å². The highest BCUT2D eigenvalue weighted by atomic mass is 35.5. The van der Waals surface area contributed by atoms with Crippen LogP contribution in [0.2, 0.25) is 5.28 Å². The van der Waals surface area contributed by atoms with E-state index in [0.29, 0.717) is 19.0 Å². The van der Waals surface area contributed by atoms with E-state index < -0.39 is 6.09 Å². The number of carboxylic acid groups (broad SMARTS) is 1. The van der Waals surface area contributed by atoms with Crippen molar-refractivity contribution in [3.05, 3.63) is 17.0 Å². The summed E-state index contributed by atoms with van der Waals surface area (Å²) in [4.78, 5) is 20.4. The molecule has 0 spiro atoms. The molecular weight excluding hydrogens is 268 g/mol. The lowest BCUT2D eigenvalue weighted by Crippen LogP contribution is -2.39. The zero-order chi connectivity index (χ0) is 13.8. The number of halogens is 1. The molecule has 1 aliphatic heterocycles. The fourth-order valence-electron chi connectivity index (χ4n) is 2.20. The monoisotopic (exact) mass is 284 g/mol. The molecule has 0 aliphatic carbocycles. The van der Waals surface area contributed by atoms with Gasteiger partial charge in [0.2, 0.25) is 5.28 Å². The van der Waals surface area contributed by atoms with Gasteiger partial charge in [-0.3, -0.25) is 0 Å². The molecule has 2 N–H and O–H groups in total. The van der Waals surface area contributed by atoms with Gasteiger partial charge in [0, 0.05) is 31.4 Å². The van der Waals surface area contributed by atoms with Gasteiger partial charge in [-0.15, -0.1) is 0 Å². The Balaban J connectivity index is 1.82. The minimum absolute atomic E-state index is 0.239. The van der Waals surface area contributed by atoms with Crippen molar-refractivity contribution >= 4 is 23.5 Å². The topological polar surface area (TPSA) is 78.4 Å². The van der Waals surface area contributed by atoms with Crippen LogP contribution in [0.5, 0.6) is 0 Å². The van der Waals surface area contributed by atoms with Crippen molar-refractivity contribution in [2.24, 2.45) is 5.92 Å². The molecule has 1 saturated heterocycles. The SMILES string of the molecule is Cc1cc(NCC2CCN(C(=O)O)CC2)nc(Cl)n1. The van der Waals surface area contributed by atoms with Crippen LogP contribution in [0.3, 0.4) is 0 Å². The number of aromatic nitrogens is 2. The largest absolute Gasteiger partial charge is 0.465 e. The van der Waals surface area contributed by atoms with E-state index in [2.05, 4.69) is 15.3 Å².